The molecule has 1 aliphatic carbocycles. The third-order valence-corrected chi connectivity index (χ3v) is 3.89. The van der Waals surface area contributed by atoms with Crippen LogP contribution in [0.15, 0.2) is 0 Å². The Morgan fingerprint density at radius 2 is 2.36 bits per heavy atom. The zero-order valence-electron chi connectivity index (χ0n) is 9.45. The molecule has 0 aromatic carbocycles. The summed E-state index contributed by atoms with van der Waals surface area (Å²) >= 11 is 1.87. The lowest BCUT2D eigenvalue weighted by atomic mass is 10.1. The van der Waals surface area contributed by atoms with Crippen molar-refractivity contribution in [3.05, 3.63) is 0 Å². The van der Waals surface area contributed by atoms with Crippen LogP contribution < -0.4 is 0 Å². The average Bonchev–Trinajstić information content (AvgIpc) is 2.59. The molecule has 0 saturated heterocycles. The van der Waals surface area contributed by atoms with Gasteiger partial charge in [-0.15, -0.1) is 0 Å². The van der Waals surface area contributed by atoms with Crippen LogP contribution in [0.3, 0.4) is 0 Å². The summed E-state index contributed by atoms with van der Waals surface area (Å²) in [5.74, 6) is 1.59. The van der Waals surface area contributed by atoms with Crippen molar-refractivity contribution in [3.8, 4) is 0 Å². The lowest BCUT2D eigenvalue weighted by Gasteiger charge is -2.31. The molecule has 3 heteroatoms. The van der Waals surface area contributed by atoms with Gasteiger partial charge in [0.1, 0.15) is 5.78 Å². The van der Waals surface area contributed by atoms with E-state index in [2.05, 4.69) is 25.1 Å². The first-order valence-electron chi connectivity index (χ1n) is 5.44. The van der Waals surface area contributed by atoms with Gasteiger partial charge in [0.05, 0.1) is 6.04 Å². The van der Waals surface area contributed by atoms with Crippen LogP contribution in [0.5, 0.6) is 0 Å². The van der Waals surface area contributed by atoms with Gasteiger partial charge in [-0.05, 0) is 32.6 Å². The van der Waals surface area contributed by atoms with E-state index in [1.807, 2.05) is 11.8 Å². The molecule has 1 saturated carbocycles. The molecule has 2 unspecified atom stereocenters. The summed E-state index contributed by atoms with van der Waals surface area (Å²) in [7, 11) is 2.11. The van der Waals surface area contributed by atoms with Crippen molar-refractivity contribution in [1.82, 2.24) is 4.90 Å². The molecule has 82 valence electrons. The Hall–Kier alpha value is -0.0200. The second-order valence-corrected chi connectivity index (χ2v) is 4.97. The Bertz CT molecular complexity index is 196. The number of carbonyl (C=O) groups is 1. The summed E-state index contributed by atoms with van der Waals surface area (Å²) in [6, 6.07) is 0.782. The maximum absolute atomic E-state index is 11.6. The first kappa shape index (κ1) is 12.1. The number of hydrogen-bond acceptors (Lipinski definition) is 3. The Balaban J connectivity index is 2.52. The van der Waals surface area contributed by atoms with E-state index in [9.17, 15) is 4.79 Å². The predicted octanol–water partition coefficient (Wildman–Crippen LogP) is 2.18. The highest BCUT2D eigenvalue weighted by molar-refractivity contribution is 7.98. The van der Waals surface area contributed by atoms with Crippen LogP contribution in [0, 0.1) is 0 Å². The summed E-state index contributed by atoms with van der Waals surface area (Å²) in [4.78, 5) is 13.9. The van der Waals surface area contributed by atoms with Crippen LogP contribution in [0.2, 0.25) is 0 Å². The summed E-state index contributed by atoms with van der Waals surface area (Å²) in [5, 5.41) is 0. The Labute approximate surface area is 91.4 Å². The normalized spacial score (nSPS) is 24.6. The third kappa shape index (κ3) is 2.74. The molecule has 0 bridgehead atoms. The molecule has 14 heavy (non-hydrogen) atoms. The van der Waals surface area contributed by atoms with E-state index in [4.69, 9.17) is 0 Å². The van der Waals surface area contributed by atoms with E-state index in [1.165, 1.54) is 0 Å². The molecule has 1 aliphatic rings. The second kappa shape index (κ2) is 5.76. The number of rotatable bonds is 5. The van der Waals surface area contributed by atoms with Crippen LogP contribution in [0.1, 0.15) is 32.6 Å². The van der Waals surface area contributed by atoms with Crippen molar-refractivity contribution in [2.75, 3.05) is 19.1 Å². The maximum atomic E-state index is 11.6. The third-order valence-electron chi connectivity index (χ3n) is 3.17. The summed E-state index contributed by atoms with van der Waals surface area (Å²) < 4.78 is 0. The largest absolute Gasteiger partial charge is 0.298 e. The Kier molecular flexibility index (Phi) is 4.96. The van der Waals surface area contributed by atoms with Gasteiger partial charge in [-0.1, -0.05) is 6.92 Å². The SMILES string of the molecule is CCC(CSC)N(C)C1CCCC1=O. The van der Waals surface area contributed by atoms with E-state index >= 15 is 0 Å². The van der Waals surface area contributed by atoms with Gasteiger partial charge in [-0.25, -0.2) is 0 Å². The van der Waals surface area contributed by atoms with Crippen LogP contribution >= 0.6 is 11.8 Å². The summed E-state index contributed by atoms with van der Waals surface area (Å²) in [5.41, 5.74) is 0. The van der Waals surface area contributed by atoms with Crippen LogP contribution in [-0.2, 0) is 4.79 Å². The van der Waals surface area contributed by atoms with Crippen LogP contribution in [0.4, 0.5) is 0 Å². The molecule has 2 atom stereocenters. The molecule has 0 spiro atoms. The first-order chi connectivity index (χ1) is 6.70. The van der Waals surface area contributed by atoms with Gasteiger partial charge in [0, 0.05) is 18.2 Å². The maximum Gasteiger partial charge on any atom is 0.149 e. The van der Waals surface area contributed by atoms with Gasteiger partial charge in [0.25, 0.3) is 0 Å². The van der Waals surface area contributed by atoms with Crippen molar-refractivity contribution in [1.29, 1.82) is 0 Å². The monoisotopic (exact) mass is 215 g/mol. The van der Waals surface area contributed by atoms with E-state index in [1.54, 1.807) is 0 Å². The highest BCUT2D eigenvalue weighted by Gasteiger charge is 2.30. The fraction of sp³-hybridized carbons (Fsp3) is 0.909. The molecular formula is C11H21NOS. The molecule has 0 aromatic rings. The predicted molar refractivity (Wildman–Crippen MR) is 62.9 cm³/mol. The number of Topliss-reactive ketones (excluding diaryl/α,β-unsaturated/α-hetero) is 1. The molecule has 0 heterocycles. The van der Waals surface area contributed by atoms with Gasteiger partial charge >= 0.3 is 0 Å². The molecule has 0 aromatic heterocycles. The van der Waals surface area contributed by atoms with Gasteiger partial charge in [-0.3, -0.25) is 9.69 Å². The van der Waals surface area contributed by atoms with Crippen LogP contribution in [-0.4, -0.2) is 41.8 Å². The molecule has 1 rings (SSSR count). The van der Waals surface area contributed by atoms with Gasteiger partial charge < -0.3 is 0 Å². The number of ketones is 1. The smallest absolute Gasteiger partial charge is 0.149 e. The zero-order chi connectivity index (χ0) is 10.6. The minimum absolute atomic E-state index is 0.215. The lowest BCUT2D eigenvalue weighted by Crippen LogP contribution is -2.43. The zero-order valence-corrected chi connectivity index (χ0v) is 10.3. The quantitative estimate of drug-likeness (QED) is 0.701. The standard InChI is InChI=1S/C11H21NOS/c1-4-9(8-14-3)12(2)10-6-5-7-11(10)13/h9-10H,4-8H2,1-3H3. The average molecular weight is 215 g/mol. The minimum Gasteiger partial charge on any atom is -0.298 e. The number of thioether (sulfide) groups is 1. The highest BCUT2D eigenvalue weighted by Crippen LogP contribution is 2.22. The Morgan fingerprint density at radius 3 is 2.79 bits per heavy atom. The first-order valence-corrected chi connectivity index (χ1v) is 6.83. The number of hydrogen-bond donors (Lipinski definition) is 0. The van der Waals surface area contributed by atoms with E-state index in [0.717, 1.165) is 31.4 Å². The minimum atomic E-state index is 0.215. The summed E-state index contributed by atoms with van der Waals surface area (Å²) in [6.07, 6.45) is 6.22. The fourth-order valence-corrected chi connectivity index (χ4v) is 3.05. The number of likely N-dealkylation sites (N-methyl/N-ethyl adjacent to an activating group) is 1. The van der Waals surface area contributed by atoms with Crippen molar-refractivity contribution in [2.24, 2.45) is 0 Å². The van der Waals surface area contributed by atoms with E-state index < -0.39 is 0 Å². The Morgan fingerprint density at radius 1 is 1.64 bits per heavy atom. The molecule has 0 radical (unpaired) electrons. The van der Waals surface area contributed by atoms with Crippen molar-refractivity contribution in [2.45, 2.75) is 44.7 Å². The molecule has 1 fully saturated rings. The summed E-state index contributed by atoms with van der Waals surface area (Å²) in [6.45, 7) is 2.21. The fourth-order valence-electron chi connectivity index (χ4n) is 2.20. The molecule has 0 N–H and O–H groups in total. The molecular weight excluding hydrogens is 194 g/mol. The number of nitrogens with zero attached hydrogens (tertiary/aromatic N) is 1. The molecule has 0 aliphatic heterocycles. The second-order valence-electron chi connectivity index (χ2n) is 4.06. The highest BCUT2D eigenvalue weighted by atomic mass is 32.2. The van der Waals surface area contributed by atoms with Crippen molar-refractivity contribution >= 4 is 17.5 Å². The van der Waals surface area contributed by atoms with Gasteiger partial charge in [0.2, 0.25) is 0 Å². The van der Waals surface area contributed by atoms with E-state index in [0.29, 0.717) is 11.8 Å². The van der Waals surface area contributed by atoms with Crippen molar-refractivity contribution in [3.63, 3.8) is 0 Å². The lowest BCUT2D eigenvalue weighted by molar-refractivity contribution is -0.122. The topological polar surface area (TPSA) is 20.3 Å². The molecule has 0 amide bonds. The van der Waals surface area contributed by atoms with E-state index in [-0.39, 0.29) is 6.04 Å². The molecule has 2 nitrogen and oxygen atoms in total. The van der Waals surface area contributed by atoms with Gasteiger partial charge in [-0.2, -0.15) is 11.8 Å². The van der Waals surface area contributed by atoms with Crippen molar-refractivity contribution < 1.29 is 4.79 Å². The number of carbonyl (C=O) groups excluding carboxylic acids is 1. The van der Waals surface area contributed by atoms with Gasteiger partial charge in [0.15, 0.2) is 0 Å². The van der Waals surface area contributed by atoms with Crippen LogP contribution in [0.25, 0.3) is 0 Å².